The minimum Gasteiger partial charge on any atom is -0.465 e. The van der Waals surface area contributed by atoms with Gasteiger partial charge in [0.05, 0.1) is 30.0 Å². The average molecular weight is 476 g/mol. The molecule has 0 aromatic heterocycles. The predicted molar refractivity (Wildman–Crippen MR) is 124 cm³/mol. The molecule has 0 aromatic rings. The highest BCUT2D eigenvalue weighted by Gasteiger charge is 2.46. The van der Waals surface area contributed by atoms with E-state index in [1.165, 1.54) is 0 Å². The molecule has 3 atom stereocenters. The van der Waals surface area contributed by atoms with Gasteiger partial charge >= 0.3 is 17.9 Å². The highest BCUT2D eigenvalue weighted by Crippen LogP contribution is 2.41. The molecule has 0 aromatic carbocycles. The molecule has 0 bridgehead atoms. The topological polar surface area (TPSA) is 123 Å². The average Bonchev–Trinajstić information content (AvgIpc) is 2.74. The molecule has 0 saturated carbocycles. The van der Waals surface area contributed by atoms with Gasteiger partial charge in [0.1, 0.15) is 19.3 Å². The number of aliphatic hydroxyl groups excluding tert-OH is 2. The van der Waals surface area contributed by atoms with Gasteiger partial charge in [-0.25, -0.2) is 0 Å². The van der Waals surface area contributed by atoms with Gasteiger partial charge in [-0.1, -0.05) is 20.3 Å². The molecule has 0 aliphatic heterocycles. The molecule has 2 N–H and O–H groups in total. The summed E-state index contributed by atoms with van der Waals surface area (Å²) in [7, 11) is 3.73. The van der Waals surface area contributed by atoms with Crippen LogP contribution in [0.1, 0.15) is 66.7 Å². The quantitative estimate of drug-likeness (QED) is 0.185. The van der Waals surface area contributed by atoms with E-state index in [1.54, 1.807) is 20.8 Å². The van der Waals surface area contributed by atoms with Crippen LogP contribution in [0, 0.1) is 16.7 Å². The number of ether oxygens (including phenoxy) is 3. The number of carbonyl (C=O) groups is 3. The Morgan fingerprint density at radius 1 is 0.970 bits per heavy atom. The van der Waals surface area contributed by atoms with Gasteiger partial charge in [0.2, 0.25) is 0 Å². The summed E-state index contributed by atoms with van der Waals surface area (Å²) in [4.78, 5) is 40.4. The summed E-state index contributed by atoms with van der Waals surface area (Å²) in [5.41, 5.74) is -2.25. The maximum atomic E-state index is 13.2. The second-order valence-corrected chi connectivity index (χ2v) is 9.83. The molecule has 194 valence electrons. The van der Waals surface area contributed by atoms with Crippen molar-refractivity contribution in [2.75, 3.05) is 47.1 Å². The Morgan fingerprint density at radius 3 is 2.12 bits per heavy atom. The second-order valence-electron chi connectivity index (χ2n) is 9.83. The summed E-state index contributed by atoms with van der Waals surface area (Å²) in [6.07, 6.45) is 1.23. The van der Waals surface area contributed by atoms with Gasteiger partial charge in [-0.2, -0.15) is 0 Å². The number of hydrogen-bond donors (Lipinski definition) is 2. The van der Waals surface area contributed by atoms with Crippen LogP contribution in [0.5, 0.6) is 0 Å². The molecule has 33 heavy (non-hydrogen) atoms. The Bertz CT molecular complexity index is 607. The van der Waals surface area contributed by atoms with E-state index in [1.807, 2.05) is 32.8 Å². The van der Waals surface area contributed by atoms with Crippen molar-refractivity contribution in [1.29, 1.82) is 0 Å². The van der Waals surface area contributed by atoms with Crippen molar-refractivity contribution in [2.45, 2.75) is 72.8 Å². The molecule has 0 amide bonds. The van der Waals surface area contributed by atoms with E-state index in [0.717, 1.165) is 12.8 Å². The van der Waals surface area contributed by atoms with Crippen molar-refractivity contribution in [2.24, 2.45) is 16.7 Å². The molecule has 9 heteroatoms. The fourth-order valence-electron chi connectivity index (χ4n) is 3.56. The summed E-state index contributed by atoms with van der Waals surface area (Å²) in [6, 6.07) is 0. The fraction of sp³-hybridized carbons (Fsp3) is 0.875. The molecule has 0 radical (unpaired) electrons. The largest absolute Gasteiger partial charge is 0.465 e. The first-order valence-electron chi connectivity index (χ1n) is 11.8. The maximum Gasteiger partial charge on any atom is 0.311 e. The van der Waals surface area contributed by atoms with E-state index in [9.17, 15) is 19.5 Å². The number of carbonyl (C=O) groups excluding carboxylic acids is 3. The number of likely N-dealkylation sites (N-methyl/N-ethyl adjacent to an activating group) is 1. The number of aliphatic hydroxyl groups is 2. The van der Waals surface area contributed by atoms with Gasteiger partial charge in [0.25, 0.3) is 0 Å². The molecule has 0 aliphatic carbocycles. The molecule has 9 nitrogen and oxygen atoms in total. The Balaban J connectivity index is 5.60. The van der Waals surface area contributed by atoms with Crippen LogP contribution in [-0.4, -0.2) is 86.2 Å². The Hall–Kier alpha value is -1.71. The smallest absolute Gasteiger partial charge is 0.311 e. The van der Waals surface area contributed by atoms with Crippen molar-refractivity contribution in [3.8, 4) is 0 Å². The van der Waals surface area contributed by atoms with Gasteiger partial charge in [-0.3, -0.25) is 14.4 Å². The van der Waals surface area contributed by atoms with Crippen molar-refractivity contribution in [1.82, 2.24) is 4.90 Å². The number of hydrogen-bond acceptors (Lipinski definition) is 9. The third-order valence-corrected chi connectivity index (χ3v) is 5.53. The highest BCUT2D eigenvalue weighted by molar-refractivity contribution is 5.81. The summed E-state index contributed by atoms with van der Waals surface area (Å²) in [5.74, 6) is -1.97. The molecule has 0 fully saturated rings. The molecular formula is C24H45NO8. The van der Waals surface area contributed by atoms with Gasteiger partial charge in [-0.05, 0) is 60.5 Å². The van der Waals surface area contributed by atoms with Crippen LogP contribution in [0.4, 0.5) is 0 Å². The summed E-state index contributed by atoms with van der Waals surface area (Å²) >= 11 is 0. The number of rotatable bonds is 17. The van der Waals surface area contributed by atoms with Crippen LogP contribution >= 0.6 is 0 Å². The van der Waals surface area contributed by atoms with Crippen LogP contribution in [0.2, 0.25) is 0 Å². The van der Waals surface area contributed by atoms with Crippen LogP contribution < -0.4 is 0 Å². The normalized spacial score (nSPS) is 15.5. The minimum absolute atomic E-state index is 0.0770. The number of nitrogens with zero attached hydrogens (tertiary/aromatic N) is 1. The van der Waals surface area contributed by atoms with Crippen molar-refractivity contribution < 1.29 is 38.8 Å². The molecule has 0 saturated heterocycles. The zero-order valence-corrected chi connectivity index (χ0v) is 21.5. The zero-order valence-electron chi connectivity index (χ0n) is 21.5. The summed E-state index contributed by atoms with van der Waals surface area (Å²) in [5, 5.41) is 18.4. The summed E-state index contributed by atoms with van der Waals surface area (Å²) in [6.45, 7) is 9.05. The lowest BCUT2D eigenvalue weighted by Crippen LogP contribution is -2.42. The Labute approximate surface area is 198 Å². The van der Waals surface area contributed by atoms with Crippen LogP contribution in [0.15, 0.2) is 0 Å². The van der Waals surface area contributed by atoms with E-state index in [-0.39, 0.29) is 32.0 Å². The van der Waals surface area contributed by atoms with Gasteiger partial charge in [0, 0.05) is 6.54 Å². The molecular weight excluding hydrogens is 430 g/mol. The van der Waals surface area contributed by atoms with Gasteiger partial charge in [-0.15, -0.1) is 0 Å². The van der Waals surface area contributed by atoms with Crippen molar-refractivity contribution in [3.63, 3.8) is 0 Å². The first-order chi connectivity index (χ1) is 15.3. The van der Waals surface area contributed by atoms with E-state index < -0.39 is 41.4 Å². The van der Waals surface area contributed by atoms with E-state index in [0.29, 0.717) is 19.6 Å². The van der Waals surface area contributed by atoms with E-state index in [2.05, 4.69) is 0 Å². The molecule has 0 aliphatic rings. The molecule has 3 unspecified atom stereocenters. The monoisotopic (exact) mass is 475 g/mol. The third-order valence-electron chi connectivity index (χ3n) is 5.53. The zero-order chi connectivity index (χ0) is 25.7. The fourth-order valence-corrected chi connectivity index (χ4v) is 3.56. The molecule has 0 spiro atoms. The Kier molecular flexibility index (Phi) is 14.5. The third kappa shape index (κ3) is 11.8. The maximum absolute atomic E-state index is 13.2. The van der Waals surface area contributed by atoms with Crippen LogP contribution in [-0.2, 0) is 28.6 Å². The number of unbranched alkanes of at least 4 members (excludes halogenated alkanes) is 1. The van der Waals surface area contributed by atoms with Gasteiger partial charge < -0.3 is 29.3 Å². The molecule has 0 rings (SSSR count). The SMILES string of the molecule is CCCCOC(=O)C(CC)CC(C)(CC(C)(C)C(=O)OCC(O)CO)C(=O)OCCN(C)C. The van der Waals surface area contributed by atoms with Crippen molar-refractivity contribution >= 4 is 17.9 Å². The van der Waals surface area contributed by atoms with E-state index in [4.69, 9.17) is 19.3 Å². The van der Waals surface area contributed by atoms with E-state index >= 15 is 0 Å². The highest BCUT2D eigenvalue weighted by atomic mass is 16.5. The molecule has 0 heterocycles. The first-order valence-corrected chi connectivity index (χ1v) is 11.8. The van der Waals surface area contributed by atoms with Crippen LogP contribution in [0.3, 0.4) is 0 Å². The standard InChI is InChI=1S/C24H45NO8/c1-8-10-12-31-20(28)18(9-2)14-24(5,22(30)32-13-11-25(6)7)17-23(3,4)21(29)33-16-19(27)15-26/h18-19,26-27H,8-17H2,1-7H3. The first kappa shape index (κ1) is 31.3. The minimum atomic E-state index is -1.17. The Morgan fingerprint density at radius 2 is 1.61 bits per heavy atom. The lowest BCUT2D eigenvalue weighted by molar-refractivity contribution is -0.167. The lowest BCUT2D eigenvalue weighted by atomic mass is 9.69. The second kappa shape index (κ2) is 15.2. The number of esters is 3. The lowest BCUT2D eigenvalue weighted by Gasteiger charge is -2.36. The van der Waals surface area contributed by atoms with Crippen LogP contribution in [0.25, 0.3) is 0 Å². The van der Waals surface area contributed by atoms with Gasteiger partial charge in [0.15, 0.2) is 0 Å². The van der Waals surface area contributed by atoms with Crippen molar-refractivity contribution in [3.05, 3.63) is 0 Å². The summed E-state index contributed by atoms with van der Waals surface area (Å²) < 4.78 is 16.1. The predicted octanol–water partition coefficient (Wildman–Crippen LogP) is 2.17.